The average Bonchev–Trinajstić information content (AvgIpc) is 2.67. The maximum Gasteiger partial charge on any atom is 0.337 e. The number of rotatable bonds is 6. The molecule has 2 rings (SSSR count). The fraction of sp³-hybridized carbons (Fsp3) is 0.222. The number of ether oxygens (including phenoxy) is 4. The molecule has 9 heteroatoms. The van der Waals surface area contributed by atoms with Crippen LogP contribution < -0.4 is 24.8 Å². The summed E-state index contributed by atoms with van der Waals surface area (Å²) in [5.41, 5.74) is 0.914. The third-order valence-electron chi connectivity index (χ3n) is 3.56. The second-order valence-electron chi connectivity index (χ2n) is 5.18. The molecular formula is C18H19ClN2O6. The lowest BCUT2D eigenvalue weighted by Crippen LogP contribution is -2.20. The third kappa shape index (κ3) is 4.73. The van der Waals surface area contributed by atoms with Crippen molar-refractivity contribution in [3.63, 3.8) is 0 Å². The molecule has 0 spiro atoms. The van der Waals surface area contributed by atoms with E-state index in [-0.39, 0.29) is 16.3 Å². The Bertz CT molecular complexity index is 831. The number of methoxy groups -OCH3 is 4. The van der Waals surface area contributed by atoms with Crippen molar-refractivity contribution >= 4 is 35.0 Å². The monoisotopic (exact) mass is 394 g/mol. The van der Waals surface area contributed by atoms with E-state index < -0.39 is 12.0 Å². The Labute approximate surface area is 161 Å². The van der Waals surface area contributed by atoms with Gasteiger partial charge in [0.1, 0.15) is 0 Å². The molecular weight excluding hydrogens is 376 g/mol. The second kappa shape index (κ2) is 9.00. The van der Waals surface area contributed by atoms with Crippen LogP contribution in [0.1, 0.15) is 10.4 Å². The summed E-state index contributed by atoms with van der Waals surface area (Å²) in [7, 11) is 5.69. The highest BCUT2D eigenvalue weighted by molar-refractivity contribution is 6.34. The molecule has 0 aliphatic rings. The first-order valence-electron chi connectivity index (χ1n) is 7.69. The maximum atomic E-state index is 12.3. The molecule has 2 aromatic rings. The van der Waals surface area contributed by atoms with E-state index in [1.54, 1.807) is 12.1 Å². The number of hydrogen-bond donors (Lipinski definition) is 2. The standard InChI is InChI=1S/C18H19ClN2O6/c1-24-14-8-11(9-15(25-2)16(14)26-3)20-18(23)21-13-7-10(17(22)27-4)5-6-12(13)19/h5-9H,1-4H3,(H2,20,21,23). The van der Waals surface area contributed by atoms with E-state index in [1.807, 2.05) is 0 Å². The van der Waals surface area contributed by atoms with E-state index in [0.29, 0.717) is 22.9 Å². The van der Waals surface area contributed by atoms with Crippen molar-refractivity contribution < 1.29 is 28.5 Å². The number of carbonyl (C=O) groups excluding carboxylic acids is 2. The SMILES string of the molecule is COC(=O)c1ccc(Cl)c(NC(=O)Nc2cc(OC)c(OC)c(OC)c2)c1. The number of benzene rings is 2. The first-order valence-corrected chi connectivity index (χ1v) is 8.07. The summed E-state index contributed by atoms with van der Waals surface area (Å²) < 4.78 is 20.4. The largest absolute Gasteiger partial charge is 0.493 e. The number of nitrogens with one attached hydrogen (secondary N) is 2. The van der Waals surface area contributed by atoms with Crippen molar-refractivity contribution in [2.24, 2.45) is 0 Å². The zero-order chi connectivity index (χ0) is 20.0. The number of esters is 1. The van der Waals surface area contributed by atoms with Gasteiger partial charge in [0.15, 0.2) is 11.5 Å². The van der Waals surface area contributed by atoms with Crippen molar-refractivity contribution in [1.29, 1.82) is 0 Å². The quantitative estimate of drug-likeness (QED) is 0.723. The molecule has 0 fully saturated rings. The Morgan fingerprint density at radius 3 is 2.04 bits per heavy atom. The van der Waals surface area contributed by atoms with Crippen LogP contribution >= 0.6 is 11.6 Å². The predicted molar refractivity (Wildman–Crippen MR) is 102 cm³/mol. The van der Waals surface area contributed by atoms with Crippen LogP contribution in [0, 0.1) is 0 Å². The van der Waals surface area contributed by atoms with Crippen LogP contribution in [0.25, 0.3) is 0 Å². The fourth-order valence-electron chi connectivity index (χ4n) is 2.30. The molecule has 0 aromatic heterocycles. The highest BCUT2D eigenvalue weighted by Gasteiger charge is 2.15. The molecule has 0 saturated heterocycles. The van der Waals surface area contributed by atoms with Gasteiger partial charge >= 0.3 is 12.0 Å². The zero-order valence-corrected chi connectivity index (χ0v) is 16.0. The van der Waals surface area contributed by atoms with Crippen molar-refractivity contribution in [2.45, 2.75) is 0 Å². The molecule has 2 amide bonds. The van der Waals surface area contributed by atoms with Gasteiger partial charge in [0.05, 0.1) is 50.4 Å². The van der Waals surface area contributed by atoms with Crippen LogP contribution in [0.5, 0.6) is 17.2 Å². The minimum absolute atomic E-state index is 0.254. The summed E-state index contributed by atoms with van der Waals surface area (Å²) in [5.74, 6) is 0.635. The number of anilines is 2. The van der Waals surface area contributed by atoms with Gasteiger partial charge in [-0.15, -0.1) is 0 Å². The molecule has 144 valence electrons. The highest BCUT2D eigenvalue weighted by atomic mass is 35.5. The van der Waals surface area contributed by atoms with Gasteiger partial charge in [-0.3, -0.25) is 0 Å². The zero-order valence-electron chi connectivity index (χ0n) is 15.2. The fourth-order valence-corrected chi connectivity index (χ4v) is 2.47. The average molecular weight is 395 g/mol. The Kier molecular flexibility index (Phi) is 6.73. The van der Waals surface area contributed by atoms with E-state index >= 15 is 0 Å². The molecule has 0 aliphatic heterocycles. The van der Waals surface area contributed by atoms with Crippen LogP contribution in [0.3, 0.4) is 0 Å². The first-order chi connectivity index (χ1) is 12.9. The Balaban J connectivity index is 2.22. The lowest BCUT2D eigenvalue weighted by Gasteiger charge is -2.15. The summed E-state index contributed by atoms with van der Waals surface area (Å²) in [6.45, 7) is 0. The van der Waals surface area contributed by atoms with Crippen molar-refractivity contribution in [2.75, 3.05) is 39.1 Å². The summed E-state index contributed by atoms with van der Waals surface area (Å²) in [6, 6.07) is 6.98. The topological polar surface area (TPSA) is 95.1 Å². The van der Waals surface area contributed by atoms with Crippen LogP contribution in [0.15, 0.2) is 30.3 Å². The minimum atomic E-state index is -0.576. The Morgan fingerprint density at radius 2 is 1.52 bits per heavy atom. The van der Waals surface area contributed by atoms with E-state index in [4.69, 9.17) is 25.8 Å². The molecule has 27 heavy (non-hydrogen) atoms. The van der Waals surface area contributed by atoms with Gasteiger partial charge in [-0.1, -0.05) is 11.6 Å². The Hall–Kier alpha value is -3.13. The lowest BCUT2D eigenvalue weighted by molar-refractivity contribution is 0.0600. The third-order valence-corrected chi connectivity index (χ3v) is 3.89. The molecule has 0 radical (unpaired) electrons. The number of hydrogen-bond acceptors (Lipinski definition) is 6. The van der Waals surface area contributed by atoms with Crippen molar-refractivity contribution in [3.8, 4) is 17.2 Å². The smallest absolute Gasteiger partial charge is 0.337 e. The van der Waals surface area contributed by atoms with Gasteiger partial charge in [-0.05, 0) is 18.2 Å². The van der Waals surface area contributed by atoms with Crippen LogP contribution in [-0.2, 0) is 4.74 Å². The van der Waals surface area contributed by atoms with Gasteiger partial charge in [0.25, 0.3) is 0 Å². The molecule has 0 bridgehead atoms. The summed E-state index contributed by atoms with van der Waals surface area (Å²) >= 11 is 6.07. The second-order valence-corrected chi connectivity index (χ2v) is 5.59. The number of carbonyl (C=O) groups is 2. The molecule has 0 heterocycles. The van der Waals surface area contributed by atoms with Gasteiger partial charge < -0.3 is 29.6 Å². The van der Waals surface area contributed by atoms with Crippen LogP contribution in [0.2, 0.25) is 5.02 Å². The molecule has 0 saturated carbocycles. The van der Waals surface area contributed by atoms with E-state index in [2.05, 4.69) is 15.4 Å². The maximum absolute atomic E-state index is 12.3. The van der Waals surface area contributed by atoms with E-state index in [1.165, 1.54) is 46.6 Å². The highest BCUT2D eigenvalue weighted by Crippen LogP contribution is 2.40. The molecule has 0 aliphatic carbocycles. The summed E-state index contributed by atoms with van der Waals surface area (Å²) in [6.07, 6.45) is 0. The lowest BCUT2D eigenvalue weighted by atomic mass is 10.2. The predicted octanol–water partition coefficient (Wildman–Crippen LogP) is 3.80. The van der Waals surface area contributed by atoms with Gasteiger partial charge in [0.2, 0.25) is 5.75 Å². The van der Waals surface area contributed by atoms with Gasteiger partial charge in [-0.2, -0.15) is 0 Å². The van der Waals surface area contributed by atoms with E-state index in [9.17, 15) is 9.59 Å². The molecule has 8 nitrogen and oxygen atoms in total. The van der Waals surface area contributed by atoms with Crippen LogP contribution in [-0.4, -0.2) is 40.4 Å². The normalized spacial score (nSPS) is 9.96. The number of amides is 2. The first kappa shape index (κ1) is 20.2. The van der Waals surface area contributed by atoms with Gasteiger partial charge in [-0.25, -0.2) is 9.59 Å². The van der Waals surface area contributed by atoms with Gasteiger partial charge in [0, 0.05) is 12.1 Å². The van der Waals surface area contributed by atoms with Crippen molar-refractivity contribution in [1.82, 2.24) is 0 Å². The Morgan fingerprint density at radius 1 is 0.889 bits per heavy atom. The number of urea groups is 1. The molecule has 0 unspecified atom stereocenters. The van der Waals surface area contributed by atoms with E-state index in [0.717, 1.165) is 0 Å². The summed E-state index contributed by atoms with van der Waals surface area (Å²) in [5, 5.41) is 5.49. The molecule has 0 atom stereocenters. The summed E-state index contributed by atoms with van der Waals surface area (Å²) in [4.78, 5) is 24.0. The molecule has 2 N–H and O–H groups in total. The minimum Gasteiger partial charge on any atom is -0.493 e. The number of halogens is 1. The van der Waals surface area contributed by atoms with Crippen LogP contribution in [0.4, 0.5) is 16.2 Å². The molecule has 2 aromatic carbocycles. The van der Waals surface area contributed by atoms with Crippen molar-refractivity contribution in [3.05, 3.63) is 40.9 Å².